The van der Waals surface area contributed by atoms with E-state index in [1.165, 1.54) is 0 Å². The van der Waals surface area contributed by atoms with Crippen LogP contribution in [0.3, 0.4) is 0 Å². The van der Waals surface area contributed by atoms with Crippen molar-refractivity contribution in [2.75, 3.05) is 6.61 Å². The zero-order valence-electron chi connectivity index (χ0n) is 5.24. The van der Waals surface area contributed by atoms with E-state index < -0.39 is 18.4 Å². The first-order valence-corrected chi connectivity index (χ1v) is 2.46. The van der Waals surface area contributed by atoms with E-state index in [0.717, 1.165) is 6.26 Å². The first-order valence-electron chi connectivity index (χ1n) is 2.46. The molecule has 0 aromatic carbocycles. The lowest BCUT2D eigenvalue weighted by molar-refractivity contribution is -0.0975. The van der Waals surface area contributed by atoms with Gasteiger partial charge in [-0.15, -0.1) is 0 Å². The Morgan fingerprint density at radius 1 is 1.50 bits per heavy atom. The van der Waals surface area contributed by atoms with Crippen molar-refractivity contribution in [1.82, 2.24) is 0 Å². The van der Waals surface area contributed by atoms with Crippen LogP contribution in [0.4, 0.5) is 13.2 Å². The Hall–Kier alpha value is -0.930. The molecule has 0 radical (unpaired) electrons. The molecule has 0 heterocycles. The molecule has 0 amide bonds. The molecular weight excluding hydrogens is 145 g/mol. The predicted octanol–water partition coefficient (Wildman–Crippen LogP) is 2.27. The molecule has 0 bridgehead atoms. The molecule has 0 unspecified atom stereocenters. The Morgan fingerprint density at radius 3 is 2.30 bits per heavy atom. The summed E-state index contributed by atoms with van der Waals surface area (Å²) >= 11 is 0. The van der Waals surface area contributed by atoms with E-state index in [0.29, 0.717) is 0 Å². The molecule has 0 aliphatic heterocycles. The summed E-state index contributed by atoms with van der Waals surface area (Å²) in [5, 5.41) is 0. The van der Waals surface area contributed by atoms with Gasteiger partial charge in [-0.1, -0.05) is 13.2 Å². The largest absolute Gasteiger partial charge is 0.497 e. The van der Waals surface area contributed by atoms with Gasteiger partial charge in [0.1, 0.15) is 6.61 Å². The van der Waals surface area contributed by atoms with Crippen LogP contribution in [0.1, 0.15) is 0 Å². The Morgan fingerprint density at radius 2 is 2.00 bits per heavy atom. The summed E-state index contributed by atoms with van der Waals surface area (Å²) in [7, 11) is 0. The molecule has 0 spiro atoms. The molecule has 0 aliphatic carbocycles. The molecule has 4 heteroatoms. The molecule has 0 aromatic heterocycles. The van der Waals surface area contributed by atoms with Gasteiger partial charge in [0.2, 0.25) is 0 Å². The highest BCUT2D eigenvalue weighted by Gasteiger charge is 2.31. The zero-order valence-corrected chi connectivity index (χ0v) is 5.24. The fourth-order valence-electron chi connectivity index (χ4n) is 0.241. The van der Waals surface area contributed by atoms with Gasteiger partial charge in [0.15, 0.2) is 0 Å². The number of hydrogen-bond acceptors (Lipinski definition) is 1. The smallest absolute Gasteiger partial charge is 0.415 e. The third kappa shape index (κ3) is 3.17. The number of hydrogen-bond donors (Lipinski definition) is 0. The normalized spacial score (nSPS) is 10.7. The van der Waals surface area contributed by atoms with Crippen molar-refractivity contribution < 1.29 is 17.9 Å². The minimum atomic E-state index is -4.36. The summed E-state index contributed by atoms with van der Waals surface area (Å²) in [6, 6.07) is 0. The molecule has 0 aliphatic rings. The molecular formula is C6H7F3O. The second-order valence-electron chi connectivity index (χ2n) is 1.58. The van der Waals surface area contributed by atoms with Crippen molar-refractivity contribution in [1.29, 1.82) is 0 Å². The predicted molar refractivity (Wildman–Crippen MR) is 31.3 cm³/mol. The molecule has 10 heavy (non-hydrogen) atoms. The van der Waals surface area contributed by atoms with Crippen molar-refractivity contribution in [3.05, 3.63) is 25.0 Å². The Kier molecular flexibility index (Phi) is 2.99. The van der Waals surface area contributed by atoms with Crippen LogP contribution in [0.25, 0.3) is 0 Å². The van der Waals surface area contributed by atoms with Crippen LogP contribution in [-0.4, -0.2) is 12.8 Å². The van der Waals surface area contributed by atoms with E-state index in [4.69, 9.17) is 0 Å². The van der Waals surface area contributed by atoms with Crippen LogP contribution < -0.4 is 0 Å². The second kappa shape index (κ2) is 3.29. The SMILES string of the molecule is C=COCC(=C)C(F)(F)F. The van der Waals surface area contributed by atoms with Crippen LogP contribution in [0.2, 0.25) is 0 Å². The fraction of sp³-hybridized carbons (Fsp3) is 0.333. The average molecular weight is 152 g/mol. The van der Waals surface area contributed by atoms with Gasteiger partial charge < -0.3 is 4.74 Å². The topological polar surface area (TPSA) is 9.23 Å². The number of rotatable bonds is 3. The molecule has 0 rings (SSSR count). The summed E-state index contributed by atoms with van der Waals surface area (Å²) in [6.45, 7) is 5.30. The van der Waals surface area contributed by atoms with Crippen molar-refractivity contribution in [3.8, 4) is 0 Å². The maximum Gasteiger partial charge on any atom is 0.415 e. The molecule has 1 nitrogen and oxygen atoms in total. The van der Waals surface area contributed by atoms with Gasteiger partial charge in [-0.05, 0) is 0 Å². The maximum absolute atomic E-state index is 11.6. The van der Waals surface area contributed by atoms with Crippen LogP contribution >= 0.6 is 0 Å². The van der Waals surface area contributed by atoms with Crippen molar-refractivity contribution in [3.63, 3.8) is 0 Å². The van der Waals surface area contributed by atoms with Crippen molar-refractivity contribution in [2.24, 2.45) is 0 Å². The Labute approximate surface area is 56.8 Å². The van der Waals surface area contributed by atoms with E-state index in [1.54, 1.807) is 0 Å². The van der Waals surface area contributed by atoms with Gasteiger partial charge in [-0.3, -0.25) is 0 Å². The highest BCUT2D eigenvalue weighted by atomic mass is 19.4. The molecule has 0 atom stereocenters. The first-order chi connectivity index (χ1) is 4.48. The highest BCUT2D eigenvalue weighted by molar-refractivity contribution is 5.02. The Balaban J connectivity index is 3.74. The summed E-state index contributed by atoms with van der Waals surface area (Å²) in [4.78, 5) is 0. The maximum atomic E-state index is 11.6. The number of halogens is 3. The molecule has 0 N–H and O–H groups in total. The third-order valence-corrected chi connectivity index (χ3v) is 0.776. The summed E-state index contributed by atoms with van der Waals surface area (Å²) in [6.07, 6.45) is -3.42. The van der Waals surface area contributed by atoms with E-state index in [1.807, 2.05) is 0 Å². The summed E-state index contributed by atoms with van der Waals surface area (Å²) < 4.78 is 38.9. The molecule has 0 saturated heterocycles. The van der Waals surface area contributed by atoms with Crippen LogP contribution in [-0.2, 0) is 4.74 Å². The lowest BCUT2D eigenvalue weighted by atomic mass is 10.3. The van der Waals surface area contributed by atoms with Gasteiger partial charge in [-0.2, -0.15) is 13.2 Å². The van der Waals surface area contributed by atoms with Gasteiger partial charge >= 0.3 is 6.18 Å². The molecule has 0 saturated carbocycles. The van der Waals surface area contributed by atoms with Crippen LogP contribution in [0.15, 0.2) is 25.0 Å². The highest BCUT2D eigenvalue weighted by Crippen LogP contribution is 2.23. The minimum absolute atomic E-state index is 0.549. The minimum Gasteiger partial charge on any atom is -0.497 e. The number of alkyl halides is 3. The number of ether oxygens (including phenoxy) is 1. The summed E-state index contributed by atoms with van der Waals surface area (Å²) in [5.74, 6) is 0. The first kappa shape index (κ1) is 9.07. The van der Waals surface area contributed by atoms with E-state index in [2.05, 4.69) is 17.9 Å². The monoisotopic (exact) mass is 152 g/mol. The Bertz CT molecular complexity index is 136. The quantitative estimate of drug-likeness (QED) is 0.445. The van der Waals surface area contributed by atoms with Gasteiger partial charge in [0.25, 0.3) is 0 Å². The fourth-order valence-corrected chi connectivity index (χ4v) is 0.241. The van der Waals surface area contributed by atoms with Gasteiger partial charge in [0.05, 0.1) is 11.8 Å². The van der Waals surface area contributed by atoms with E-state index >= 15 is 0 Å². The van der Waals surface area contributed by atoms with E-state index in [9.17, 15) is 13.2 Å². The third-order valence-electron chi connectivity index (χ3n) is 0.776. The molecule has 58 valence electrons. The standard InChI is InChI=1S/C6H7F3O/c1-3-10-4-5(2)6(7,8)9/h3H,1-2,4H2. The van der Waals surface area contributed by atoms with Gasteiger partial charge in [0, 0.05) is 0 Å². The average Bonchev–Trinajstić information content (AvgIpc) is 1.80. The molecule has 0 fully saturated rings. The summed E-state index contributed by atoms with van der Waals surface area (Å²) in [5.41, 5.74) is -0.910. The van der Waals surface area contributed by atoms with Crippen molar-refractivity contribution in [2.45, 2.75) is 6.18 Å². The van der Waals surface area contributed by atoms with Crippen LogP contribution in [0, 0.1) is 0 Å². The zero-order chi connectivity index (χ0) is 8.20. The lowest BCUT2D eigenvalue weighted by Gasteiger charge is -2.08. The van der Waals surface area contributed by atoms with Crippen molar-refractivity contribution >= 4 is 0 Å². The molecule has 0 aromatic rings. The van der Waals surface area contributed by atoms with E-state index in [-0.39, 0.29) is 0 Å². The van der Waals surface area contributed by atoms with Crippen LogP contribution in [0.5, 0.6) is 0 Å². The second-order valence-corrected chi connectivity index (χ2v) is 1.58. The van der Waals surface area contributed by atoms with Gasteiger partial charge in [-0.25, -0.2) is 0 Å². The lowest BCUT2D eigenvalue weighted by Crippen LogP contribution is -2.14.